The van der Waals surface area contributed by atoms with E-state index < -0.39 is 14.4 Å². The van der Waals surface area contributed by atoms with Crippen molar-refractivity contribution in [3.8, 4) is 23.0 Å². The molecular formula is C20H27ClCrO4P. The van der Waals surface area contributed by atoms with Gasteiger partial charge in [-0.25, -0.2) is 0 Å². The van der Waals surface area contributed by atoms with Crippen molar-refractivity contribution < 1.29 is 31.4 Å². The molecule has 1 aliphatic carbocycles. The van der Waals surface area contributed by atoms with E-state index in [1.54, 1.807) is 14.2 Å². The minimum absolute atomic E-state index is 0. The standard InChI is InChI=1S/2C7H8O2.C6H12P.ClH.Cr/c2*1-9-7-4-2-6(8)3-5-7;7-6-4-2-1-3-5-6;;/h2*2-5,8H,1H3;6-7H,1-5H2;1H;/q;;-1;;+3/p-2. The predicted octanol–water partition coefficient (Wildman–Crippen LogP) is 5.96. The molecular weight excluding hydrogens is 423 g/mol. The summed E-state index contributed by atoms with van der Waals surface area (Å²) in [5, 5.41) is 0. The molecule has 1 unspecified atom stereocenters. The van der Waals surface area contributed by atoms with Crippen LogP contribution in [0.2, 0.25) is 0 Å². The van der Waals surface area contributed by atoms with Crippen LogP contribution in [0.15, 0.2) is 48.5 Å². The Hall–Kier alpha value is -1.11. The fourth-order valence-corrected chi connectivity index (χ4v) is 8.44. The van der Waals surface area contributed by atoms with Gasteiger partial charge in [-0.3, -0.25) is 0 Å². The normalized spacial score (nSPS) is 14.8. The van der Waals surface area contributed by atoms with E-state index in [0.717, 1.165) is 35.9 Å². The van der Waals surface area contributed by atoms with Crippen molar-refractivity contribution in [3.63, 3.8) is 0 Å². The number of hydrogen-bond acceptors (Lipinski definition) is 4. The van der Waals surface area contributed by atoms with Crippen LogP contribution >= 0.6 is 19.6 Å². The first kappa shape index (κ1) is 22.2. The van der Waals surface area contributed by atoms with Crippen molar-refractivity contribution in [1.82, 2.24) is 0 Å². The molecule has 2 aromatic carbocycles. The summed E-state index contributed by atoms with van der Waals surface area (Å²) >= 11 is -1.70. The van der Waals surface area contributed by atoms with Gasteiger partial charge < -0.3 is 0 Å². The molecule has 1 aliphatic rings. The average molecular weight is 450 g/mol. The van der Waals surface area contributed by atoms with Gasteiger partial charge in [-0.1, -0.05) is 0 Å². The Labute approximate surface area is 174 Å². The zero-order chi connectivity index (χ0) is 18.2. The Balaban J connectivity index is 0.00000261. The molecule has 0 amide bonds. The Morgan fingerprint density at radius 1 is 0.704 bits per heavy atom. The molecule has 1 atom stereocenters. The first-order valence-electron chi connectivity index (χ1n) is 8.92. The second-order valence-electron chi connectivity index (χ2n) is 6.21. The summed E-state index contributed by atoms with van der Waals surface area (Å²) in [6, 6.07) is 15.5. The van der Waals surface area contributed by atoms with E-state index in [1.807, 2.05) is 48.5 Å². The van der Waals surface area contributed by atoms with E-state index >= 15 is 0 Å². The zero-order valence-electron chi connectivity index (χ0n) is 15.7. The van der Waals surface area contributed by atoms with Gasteiger partial charge in [0, 0.05) is 0 Å². The summed E-state index contributed by atoms with van der Waals surface area (Å²) in [6.45, 7) is 0. The molecule has 0 N–H and O–H groups in total. The number of benzene rings is 2. The topological polar surface area (TPSA) is 36.9 Å². The van der Waals surface area contributed by atoms with E-state index in [4.69, 9.17) is 17.1 Å². The van der Waals surface area contributed by atoms with Crippen molar-refractivity contribution in [1.29, 1.82) is 0 Å². The predicted molar refractivity (Wildman–Crippen MR) is 110 cm³/mol. The second-order valence-corrected chi connectivity index (χ2v) is 11.0. The minimum Gasteiger partial charge on any atom is -0.147 e. The van der Waals surface area contributed by atoms with E-state index in [1.165, 1.54) is 32.1 Å². The van der Waals surface area contributed by atoms with Crippen LogP contribution < -0.4 is 17.1 Å². The second kappa shape index (κ2) is 11.7. The summed E-state index contributed by atoms with van der Waals surface area (Å²) < 4.78 is 23.1. The van der Waals surface area contributed by atoms with Gasteiger partial charge in [-0.15, -0.1) is 12.4 Å². The van der Waals surface area contributed by atoms with Gasteiger partial charge in [0.15, 0.2) is 0 Å². The summed E-state index contributed by atoms with van der Waals surface area (Å²) in [4.78, 5) is 0. The van der Waals surface area contributed by atoms with Crippen molar-refractivity contribution in [2.45, 2.75) is 37.8 Å². The molecule has 0 radical (unpaired) electrons. The Bertz CT molecular complexity index is 613. The molecule has 1 saturated carbocycles. The fraction of sp³-hybridized carbons (Fsp3) is 0.400. The van der Waals surface area contributed by atoms with Crippen LogP contribution in [0, 0.1) is 0 Å². The number of rotatable bonds is 8. The van der Waals surface area contributed by atoms with Crippen molar-refractivity contribution in [2.75, 3.05) is 14.2 Å². The fourth-order valence-electron chi connectivity index (χ4n) is 2.86. The van der Waals surface area contributed by atoms with Gasteiger partial charge in [0.05, 0.1) is 0 Å². The van der Waals surface area contributed by atoms with E-state index in [9.17, 15) is 0 Å². The molecule has 0 bridgehead atoms. The monoisotopic (exact) mass is 449 g/mol. The van der Waals surface area contributed by atoms with Crippen LogP contribution in [-0.4, -0.2) is 19.9 Å². The Kier molecular flexibility index (Phi) is 9.59. The maximum Gasteiger partial charge on any atom is -0.147 e. The summed E-state index contributed by atoms with van der Waals surface area (Å²) in [5.41, 5.74) is 0.741. The van der Waals surface area contributed by atoms with Gasteiger partial charge >= 0.3 is 162 Å². The largest absolute Gasteiger partial charge is 0.147 e. The van der Waals surface area contributed by atoms with Crippen molar-refractivity contribution in [3.05, 3.63) is 48.5 Å². The average Bonchev–Trinajstić information content (AvgIpc) is 2.70. The van der Waals surface area contributed by atoms with Gasteiger partial charge in [-0.05, 0) is 0 Å². The first-order valence-corrected chi connectivity index (χ1v) is 12.9. The molecule has 0 heterocycles. The van der Waals surface area contributed by atoms with E-state index in [2.05, 4.69) is 0 Å². The zero-order valence-corrected chi connectivity index (χ0v) is 18.8. The molecule has 2 aromatic rings. The molecule has 27 heavy (non-hydrogen) atoms. The molecule has 7 heteroatoms. The molecule has 149 valence electrons. The maximum absolute atomic E-state index is 6.31. The van der Waals surface area contributed by atoms with E-state index in [-0.39, 0.29) is 12.4 Å². The molecule has 4 nitrogen and oxygen atoms in total. The smallest absolute Gasteiger partial charge is 0.147 e. The van der Waals surface area contributed by atoms with Gasteiger partial charge in [-0.2, -0.15) is 0 Å². The molecule has 0 aliphatic heterocycles. The van der Waals surface area contributed by atoms with Gasteiger partial charge in [0.1, 0.15) is 0 Å². The minimum atomic E-state index is -1.70. The number of methoxy groups -OCH3 is 2. The Morgan fingerprint density at radius 3 is 1.52 bits per heavy atom. The quantitative estimate of drug-likeness (QED) is 0.466. The van der Waals surface area contributed by atoms with Crippen LogP contribution in [0.3, 0.4) is 0 Å². The number of halogens is 1. The van der Waals surface area contributed by atoms with Crippen LogP contribution in [0.25, 0.3) is 0 Å². The third-order valence-electron chi connectivity index (χ3n) is 4.33. The van der Waals surface area contributed by atoms with Gasteiger partial charge in [0.2, 0.25) is 0 Å². The summed E-state index contributed by atoms with van der Waals surface area (Å²) in [7, 11) is 4.08. The summed E-state index contributed by atoms with van der Waals surface area (Å²) in [6.07, 6.45) is 6.64. The van der Waals surface area contributed by atoms with E-state index in [0.29, 0.717) is 0 Å². The van der Waals surface area contributed by atoms with Crippen molar-refractivity contribution >= 4 is 19.6 Å². The number of ether oxygens (including phenoxy) is 2. The van der Waals surface area contributed by atoms with Crippen molar-refractivity contribution in [2.24, 2.45) is 0 Å². The SMILES string of the molecule is COc1ccc([O][Cr]([O]c2ccc(OC)cc2)[PH]C2CCCCC2)cc1.Cl. The Morgan fingerprint density at radius 2 is 1.11 bits per heavy atom. The van der Waals surface area contributed by atoms with Gasteiger partial charge in [0.25, 0.3) is 0 Å². The molecule has 0 saturated heterocycles. The number of hydrogen-bond donors (Lipinski definition) is 0. The first-order chi connectivity index (χ1) is 12.8. The third-order valence-corrected chi connectivity index (χ3v) is 9.66. The van der Waals surface area contributed by atoms with Crippen LogP contribution in [0.1, 0.15) is 32.1 Å². The molecule has 3 rings (SSSR count). The maximum atomic E-state index is 6.31. The molecule has 1 fully saturated rings. The molecule has 0 aromatic heterocycles. The molecule has 0 spiro atoms. The van der Waals surface area contributed by atoms with Crippen LogP contribution in [0.4, 0.5) is 0 Å². The van der Waals surface area contributed by atoms with Crippen LogP contribution in [-0.2, 0) is 14.4 Å². The van der Waals surface area contributed by atoms with Crippen LogP contribution in [0.5, 0.6) is 23.0 Å². The summed E-state index contributed by atoms with van der Waals surface area (Å²) in [5.74, 6) is 3.37. The third kappa shape index (κ3) is 7.09.